The zero-order valence-electron chi connectivity index (χ0n) is 20.7. The summed E-state index contributed by atoms with van der Waals surface area (Å²) >= 11 is 2.62. The number of carbonyl (C=O) groups is 2. The zero-order chi connectivity index (χ0) is 27.2. The number of nitrogens with zero attached hydrogens (tertiary/aromatic N) is 3. The Kier molecular flexibility index (Phi) is 7.08. The summed E-state index contributed by atoms with van der Waals surface area (Å²) in [6.07, 6.45) is -0.275. The molecule has 38 heavy (non-hydrogen) atoms. The first-order valence-electron chi connectivity index (χ1n) is 12.3. The van der Waals surface area contributed by atoms with Gasteiger partial charge in [-0.1, -0.05) is 24.3 Å². The van der Waals surface area contributed by atoms with E-state index in [0.29, 0.717) is 4.88 Å². The normalized spacial score (nSPS) is 18.3. The molecular weight excluding hydrogens is 535 g/mol. The lowest BCUT2D eigenvalue weighted by molar-refractivity contribution is -0.184. The molecule has 5 rings (SSSR count). The van der Waals surface area contributed by atoms with Gasteiger partial charge in [0.15, 0.2) is 4.96 Å². The molecule has 1 saturated carbocycles. The maximum Gasteiger partial charge on any atom is 0.391 e. The molecule has 1 N–H and O–H groups in total. The van der Waals surface area contributed by atoms with Crippen molar-refractivity contribution in [1.82, 2.24) is 9.38 Å². The number of anilines is 1. The number of halogens is 3. The number of fused-ring (bicyclic) bond motifs is 1. The molecule has 3 aromatic heterocycles. The number of carbonyl (C=O) groups excluding carboxylic acids is 1. The molecule has 200 valence electrons. The molecule has 0 bridgehead atoms. The van der Waals surface area contributed by atoms with Gasteiger partial charge in [-0.2, -0.15) is 13.2 Å². The molecule has 0 unspecified atom stereocenters. The van der Waals surface area contributed by atoms with E-state index in [0.717, 1.165) is 33.1 Å². The minimum Gasteiger partial charge on any atom is -0.477 e. The van der Waals surface area contributed by atoms with E-state index in [2.05, 4.69) is 4.98 Å². The number of benzene rings is 1. The predicted octanol–water partition coefficient (Wildman–Crippen LogP) is 7.60. The summed E-state index contributed by atoms with van der Waals surface area (Å²) in [5.74, 6) is -3.42. The molecule has 0 spiro atoms. The van der Waals surface area contributed by atoms with Crippen molar-refractivity contribution in [1.29, 1.82) is 0 Å². The number of carboxylic acids is 1. The summed E-state index contributed by atoms with van der Waals surface area (Å²) in [6.45, 7) is 3.57. The van der Waals surface area contributed by atoms with Gasteiger partial charge in [0.25, 0.3) is 0 Å². The third kappa shape index (κ3) is 5.09. The molecule has 1 aliphatic rings. The minimum atomic E-state index is -4.26. The largest absolute Gasteiger partial charge is 0.477 e. The van der Waals surface area contributed by atoms with Crippen LogP contribution in [0.25, 0.3) is 26.7 Å². The van der Waals surface area contributed by atoms with Crippen LogP contribution in [0, 0.1) is 11.8 Å². The van der Waals surface area contributed by atoms with Crippen molar-refractivity contribution in [2.75, 3.05) is 4.90 Å². The molecule has 11 heteroatoms. The van der Waals surface area contributed by atoms with E-state index in [4.69, 9.17) is 0 Å². The summed E-state index contributed by atoms with van der Waals surface area (Å²) < 4.78 is 41.3. The van der Waals surface area contributed by atoms with Crippen molar-refractivity contribution in [3.05, 3.63) is 53.0 Å². The highest BCUT2D eigenvalue weighted by Gasteiger charge is 2.43. The predicted molar refractivity (Wildman–Crippen MR) is 143 cm³/mol. The second-order valence-electron chi connectivity index (χ2n) is 9.82. The number of alkyl halides is 3. The fourth-order valence-corrected chi connectivity index (χ4v) is 6.74. The highest BCUT2D eigenvalue weighted by Crippen LogP contribution is 2.43. The monoisotopic (exact) mass is 561 g/mol. The number of amides is 1. The van der Waals surface area contributed by atoms with Crippen LogP contribution >= 0.6 is 22.7 Å². The highest BCUT2D eigenvalue weighted by atomic mass is 32.1. The lowest BCUT2D eigenvalue weighted by atomic mass is 9.81. The van der Waals surface area contributed by atoms with Crippen molar-refractivity contribution in [2.24, 2.45) is 11.8 Å². The fraction of sp³-hybridized carbons (Fsp3) is 0.370. The third-order valence-corrected chi connectivity index (χ3v) is 8.95. The van der Waals surface area contributed by atoms with Crippen molar-refractivity contribution < 1.29 is 27.9 Å². The van der Waals surface area contributed by atoms with Gasteiger partial charge in [-0.15, -0.1) is 22.7 Å². The van der Waals surface area contributed by atoms with Crippen molar-refractivity contribution in [3.63, 3.8) is 0 Å². The maximum absolute atomic E-state index is 13.5. The quantitative estimate of drug-likeness (QED) is 0.263. The molecule has 1 fully saturated rings. The second kappa shape index (κ2) is 10.2. The van der Waals surface area contributed by atoms with Gasteiger partial charge < -0.3 is 10.0 Å². The Morgan fingerprint density at radius 1 is 1.11 bits per heavy atom. The molecule has 0 radical (unpaired) electrons. The number of aromatic carboxylic acids is 1. The molecule has 1 aliphatic carbocycles. The Morgan fingerprint density at radius 3 is 2.34 bits per heavy atom. The average Bonchev–Trinajstić information content (AvgIpc) is 3.59. The van der Waals surface area contributed by atoms with E-state index < -0.39 is 24.0 Å². The first-order chi connectivity index (χ1) is 18.0. The van der Waals surface area contributed by atoms with Gasteiger partial charge in [0, 0.05) is 40.2 Å². The smallest absolute Gasteiger partial charge is 0.391 e. The Labute approximate surface area is 225 Å². The summed E-state index contributed by atoms with van der Waals surface area (Å²) in [7, 11) is 0. The number of rotatable bonds is 6. The summed E-state index contributed by atoms with van der Waals surface area (Å²) in [5, 5.41) is 11.9. The summed E-state index contributed by atoms with van der Waals surface area (Å²) in [5.41, 5.74) is 2.84. The van der Waals surface area contributed by atoms with Crippen LogP contribution in [-0.2, 0) is 4.79 Å². The summed E-state index contributed by atoms with van der Waals surface area (Å²) in [6, 6.07) is 8.97. The van der Waals surface area contributed by atoms with Crippen LogP contribution in [0.15, 0.2) is 48.1 Å². The Morgan fingerprint density at radius 2 is 1.76 bits per heavy atom. The fourth-order valence-electron chi connectivity index (χ4n) is 5.04. The van der Waals surface area contributed by atoms with Crippen LogP contribution < -0.4 is 4.90 Å². The number of hydrogen-bond donors (Lipinski definition) is 1. The van der Waals surface area contributed by atoms with E-state index >= 15 is 0 Å². The van der Waals surface area contributed by atoms with Crippen molar-refractivity contribution in [3.8, 4) is 21.7 Å². The molecule has 1 amide bonds. The van der Waals surface area contributed by atoms with E-state index in [1.807, 2.05) is 46.4 Å². The SMILES string of the molecule is CC(C)N(C(=O)C1CCC(C(F)(F)F)CC1)c1cc(-c2ccc(-c3cn4ccsc4n3)cc2)sc1C(=O)O. The van der Waals surface area contributed by atoms with E-state index in [1.54, 1.807) is 31.3 Å². The molecule has 3 heterocycles. The van der Waals surface area contributed by atoms with Crippen LogP contribution in [0.1, 0.15) is 49.2 Å². The van der Waals surface area contributed by atoms with Gasteiger partial charge in [0.1, 0.15) is 4.88 Å². The Balaban J connectivity index is 1.41. The van der Waals surface area contributed by atoms with Gasteiger partial charge in [-0.05, 0) is 51.2 Å². The number of carboxylic acid groups (broad SMARTS) is 1. The third-order valence-electron chi connectivity index (χ3n) is 7.02. The highest BCUT2D eigenvalue weighted by molar-refractivity contribution is 7.18. The molecule has 1 aromatic carbocycles. The van der Waals surface area contributed by atoms with E-state index in [1.165, 1.54) is 4.90 Å². The van der Waals surface area contributed by atoms with Gasteiger partial charge in [0.2, 0.25) is 5.91 Å². The van der Waals surface area contributed by atoms with Crippen LogP contribution in [-0.4, -0.2) is 38.6 Å². The number of aromatic nitrogens is 2. The Bertz CT molecular complexity index is 1430. The van der Waals surface area contributed by atoms with Crippen molar-refractivity contribution in [2.45, 2.75) is 51.7 Å². The number of hydrogen-bond acceptors (Lipinski definition) is 5. The van der Waals surface area contributed by atoms with Gasteiger partial charge in [-0.3, -0.25) is 9.20 Å². The van der Waals surface area contributed by atoms with Crippen LogP contribution in [0.2, 0.25) is 0 Å². The van der Waals surface area contributed by atoms with Gasteiger partial charge in [0.05, 0.1) is 17.3 Å². The second-order valence-corrected chi connectivity index (χ2v) is 11.7. The van der Waals surface area contributed by atoms with E-state index in [9.17, 15) is 27.9 Å². The first-order valence-corrected chi connectivity index (χ1v) is 14.0. The minimum absolute atomic E-state index is 0.0319. The van der Waals surface area contributed by atoms with E-state index in [-0.39, 0.29) is 48.2 Å². The van der Waals surface area contributed by atoms with Crippen LogP contribution in [0.4, 0.5) is 18.9 Å². The Hall–Kier alpha value is -3.18. The lowest BCUT2D eigenvalue weighted by Gasteiger charge is -2.34. The van der Waals surface area contributed by atoms with Gasteiger partial charge >= 0.3 is 12.1 Å². The lowest BCUT2D eigenvalue weighted by Crippen LogP contribution is -2.43. The summed E-state index contributed by atoms with van der Waals surface area (Å²) in [4.78, 5) is 33.4. The number of imidazole rings is 1. The van der Waals surface area contributed by atoms with Crippen LogP contribution in [0.3, 0.4) is 0 Å². The molecule has 0 aliphatic heterocycles. The number of thiophene rings is 1. The van der Waals surface area contributed by atoms with Gasteiger partial charge in [-0.25, -0.2) is 9.78 Å². The van der Waals surface area contributed by atoms with Crippen molar-refractivity contribution >= 4 is 45.2 Å². The average molecular weight is 562 g/mol. The standard InChI is InChI=1S/C27H26F3N3O3S2/c1-15(2)33(24(34)18-7-9-19(10-8-18)27(28,29)30)21-13-22(38-23(21)25(35)36)17-5-3-16(4-6-17)20-14-32-11-12-37-26(32)31-20/h3-6,11-15,18-19H,7-10H2,1-2H3,(H,35,36). The molecule has 6 nitrogen and oxygen atoms in total. The molecule has 4 aromatic rings. The molecule has 0 saturated heterocycles. The molecule has 0 atom stereocenters. The maximum atomic E-state index is 13.5. The number of thiazole rings is 1. The first kappa shape index (κ1) is 26.4. The topological polar surface area (TPSA) is 74.9 Å². The zero-order valence-corrected chi connectivity index (χ0v) is 22.4. The molecular formula is C27H26F3N3O3S2. The van der Waals surface area contributed by atoms with Crippen LogP contribution in [0.5, 0.6) is 0 Å².